The predicted octanol–water partition coefficient (Wildman–Crippen LogP) is 2.96. The Kier molecular flexibility index (Phi) is 5.66. The standard InChI is InChI=1S/C15H24O2/c1-5-17-15(11(2)3)14(16)10-13-8-6-12(4)7-9-13/h6-9,11,14-16H,5,10H2,1-4H3. The van der Waals surface area contributed by atoms with E-state index in [9.17, 15) is 5.11 Å². The molecule has 1 N–H and O–H groups in total. The number of ether oxygens (including phenoxy) is 1. The van der Waals surface area contributed by atoms with Gasteiger partial charge in [-0.3, -0.25) is 0 Å². The summed E-state index contributed by atoms with van der Waals surface area (Å²) in [6, 6.07) is 8.30. The first-order chi connectivity index (χ1) is 8.04. The minimum absolute atomic E-state index is 0.0821. The summed E-state index contributed by atoms with van der Waals surface area (Å²) in [5, 5.41) is 10.2. The molecule has 0 aliphatic carbocycles. The predicted molar refractivity (Wildman–Crippen MR) is 71.1 cm³/mol. The van der Waals surface area contributed by atoms with Gasteiger partial charge >= 0.3 is 0 Å². The van der Waals surface area contributed by atoms with E-state index in [0.29, 0.717) is 18.9 Å². The molecule has 17 heavy (non-hydrogen) atoms. The third-order valence-electron chi connectivity index (χ3n) is 2.96. The average molecular weight is 236 g/mol. The molecular formula is C15H24O2. The summed E-state index contributed by atoms with van der Waals surface area (Å²) in [6.45, 7) is 8.84. The van der Waals surface area contributed by atoms with Gasteiger partial charge in [-0.1, -0.05) is 43.7 Å². The SMILES string of the molecule is CCOC(C(C)C)C(O)Cc1ccc(C)cc1. The molecule has 0 saturated heterocycles. The molecular weight excluding hydrogens is 212 g/mol. The number of hydrogen-bond acceptors (Lipinski definition) is 2. The molecule has 0 radical (unpaired) electrons. The lowest BCUT2D eigenvalue weighted by atomic mass is 9.96. The molecule has 0 aliphatic rings. The highest BCUT2D eigenvalue weighted by Crippen LogP contribution is 2.16. The van der Waals surface area contributed by atoms with E-state index >= 15 is 0 Å². The summed E-state index contributed by atoms with van der Waals surface area (Å²) in [7, 11) is 0. The fourth-order valence-electron chi connectivity index (χ4n) is 2.02. The summed E-state index contributed by atoms with van der Waals surface area (Å²) in [5.74, 6) is 0.329. The van der Waals surface area contributed by atoms with E-state index in [1.165, 1.54) is 5.56 Å². The van der Waals surface area contributed by atoms with E-state index in [-0.39, 0.29) is 6.10 Å². The zero-order valence-electron chi connectivity index (χ0n) is 11.3. The maximum Gasteiger partial charge on any atom is 0.0859 e. The quantitative estimate of drug-likeness (QED) is 0.823. The maximum atomic E-state index is 10.2. The van der Waals surface area contributed by atoms with Crippen molar-refractivity contribution in [3.05, 3.63) is 35.4 Å². The highest BCUT2D eigenvalue weighted by Gasteiger charge is 2.23. The van der Waals surface area contributed by atoms with Crippen LogP contribution in [-0.2, 0) is 11.2 Å². The molecule has 0 amide bonds. The number of rotatable bonds is 6. The number of aliphatic hydroxyl groups is 1. The molecule has 1 aromatic rings. The van der Waals surface area contributed by atoms with Crippen LogP contribution in [0.3, 0.4) is 0 Å². The second kappa shape index (κ2) is 6.77. The largest absolute Gasteiger partial charge is 0.390 e. The van der Waals surface area contributed by atoms with Crippen molar-refractivity contribution in [2.45, 2.75) is 46.3 Å². The first-order valence-electron chi connectivity index (χ1n) is 6.39. The number of benzene rings is 1. The van der Waals surface area contributed by atoms with Crippen molar-refractivity contribution in [1.29, 1.82) is 0 Å². The van der Waals surface area contributed by atoms with E-state index < -0.39 is 6.10 Å². The van der Waals surface area contributed by atoms with Crippen LogP contribution in [0.25, 0.3) is 0 Å². The van der Waals surface area contributed by atoms with Crippen molar-refractivity contribution in [1.82, 2.24) is 0 Å². The topological polar surface area (TPSA) is 29.5 Å². The molecule has 0 spiro atoms. The van der Waals surface area contributed by atoms with Gasteiger partial charge in [0.15, 0.2) is 0 Å². The molecule has 0 saturated carbocycles. The minimum atomic E-state index is -0.433. The Morgan fingerprint density at radius 3 is 2.24 bits per heavy atom. The van der Waals surface area contributed by atoms with Crippen molar-refractivity contribution >= 4 is 0 Å². The van der Waals surface area contributed by atoms with Crippen LogP contribution < -0.4 is 0 Å². The van der Waals surface area contributed by atoms with Gasteiger partial charge in [0.05, 0.1) is 12.2 Å². The van der Waals surface area contributed by atoms with E-state index in [4.69, 9.17) is 4.74 Å². The Bertz CT molecular complexity index is 316. The Labute approximate surface area is 105 Å². The molecule has 0 aliphatic heterocycles. The highest BCUT2D eigenvalue weighted by molar-refractivity contribution is 5.22. The Hall–Kier alpha value is -0.860. The van der Waals surface area contributed by atoms with Gasteiger partial charge in [0.25, 0.3) is 0 Å². The van der Waals surface area contributed by atoms with Gasteiger partial charge in [0.1, 0.15) is 0 Å². The molecule has 2 heteroatoms. The minimum Gasteiger partial charge on any atom is -0.390 e. The molecule has 96 valence electrons. The van der Waals surface area contributed by atoms with Crippen LogP contribution in [0.4, 0.5) is 0 Å². The van der Waals surface area contributed by atoms with Crippen molar-refractivity contribution in [2.75, 3.05) is 6.61 Å². The fraction of sp³-hybridized carbons (Fsp3) is 0.600. The lowest BCUT2D eigenvalue weighted by molar-refractivity contribution is -0.0562. The molecule has 0 heterocycles. The van der Waals surface area contributed by atoms with Gasteiger partial charge in [0.2, 0.25) is 0 Å². The second-order valence-corrected chi connectivity index (χ2v) is 4.92. The Morgan fingerprint density at radius 1 is 1.18 bits per heavy atom. The fourth-order valence-corrected chi connectivity index (χ4v) is 2.02. The molecule has 0 bridgehead atoms. The van der Waals surface area contributed by atoms with E-state index in [1.807, 2.05) is 6.92 Å². The summed E-state index contributed by atoms with van der Waals surface area (Å²) in [5.41, 5.74) is 2.40. The van der Waals surface area contributed by atoms with Gasteiger partial charge in [-0.15, -0.1) is 0 Å². The van der Waals surface area contributed by atoms with Crippen molar-refractivity contribution in [3.8, 4) is 0 Å². The van der Waals surface area contributed by atoms with Crippen LogP contribution in [0.2, 0.25) is 0 Å². The van der Waals surface area contributed by atoms with E-state index in [0.717, 1.165) is 5.56 Å². The van der Waals surface area contributed by atoms with Gasteiger partial charge < -0.3 is 9.84 Å². The van der Waals surface area contributed by atoms with Crippen molar-refractivity contribution < 1.29 is 9.84 Å². The maximum absolute atomic E-state index is 10.2. The summed E-state index contributed by atoms with van der Waals surface area (Å²) < 4.78 is 5.61. The van der Waals surface area contributed by atoms with Crippen LogP contribution in [0.15, 0.2) is 24.3 Å². The summed E-state index contributed by atoms with van der Waals surface area (Å²) >= 11 is 0. The molecule has 1 rings (SSSR count). The van der Waals surface area contributed by atoms with Crippen molar-refractivity contribution in [2.24, 2.45) is 5.92 Å². The normalized spacial score (nSPS) is 14.9. The lowest BCUT2D eigenvalue weighted by Gasteiger charge is -2.26. The number of hydrogen-bond donors (Lipinski definition) is 1. The van der Waals surface area contributed by atoms with Crippen LogP contribution in [0, 0.1) is 12.8 Å². The van der Waals surface area contributed by atoms with Crippen LogP contribution >= 0.6 is 0 Å². The molecule has 2 nitrogen and oxygen atoms in total. The molecule has 2 atom stereocenters. The summed E-state index contributed by atoms with van der Waals surface area (Å²) in [4.78, 5) is 0. The molecule has 0 aromatic heterocycles. The Balaban J connectivity index is 2.62. The lowest BCUT2D eigenvalue weighted by Crippen LogP contribution is -2.35. The second-order valence-electron chi connectivity index (χ2n) is 4.92. The molecule has 1 aromatic carbocycles. The summed E-state index contributed by atoms with van der Waals surface area (Å²) in [6.07, 6.45) is 0.141. The smallest absolute Gasteiger partial charge is 0.0859 e. The van der Waals surface area contributed by atoms with Gasteiger partial charge in [-0.05, 0) is 25.3 Å². The molecule has 0 fully saturated rings. The first kappa shape index (κ1) is 14.2. The van der Waals surface area contributed by atoms with Gasteiger partial charge in [-0.2, -0.15) is 0 Å². The number of aryl methyl sites for hydroxylation is 1. The Morgan fingerprint density at radius 2 is 1.76 bits per heavy atom. The van der Waals surface area contributed by atoms with E-state index in [1.54, 1.807) is 0 Å². The third-order valence-corrected chi connectivity index (χ3v) is 2.96. The average Bonchev–Trinajstić information content (AvgIpc) is 2.28. The van der Waals surface area contributed by atoms with Crippen molar-refractivity contribution in [3.63, 3.8) is 0 Å². The number of aliphatic hydroxyl groups excluding tert-OH is 1. The molecule has 2 unspecified atom stereocenters. The zero-order chi connectivity index (χ0) is 12.8. The highest BCUT2D eigenvalue weighted by atomic mass is 16.5. The van der Waals surface area contributed by atoms with Gasteiger partial charge in [0, 0.05) is 13.0 Å². The van der Waals surface area contributed by atoms with Crippen LogP contribution in [0.5, 0.6) is 0 Å². The van der Waals surface area contributed by atoms with Crippen LogP contribution in [0.1, 0.15) is 31.9 Å². The third kappa shape index (κ3) is 4.49. The van der Waals surface area contributed by atoms with Gasteiger partial charge in [-0.25, -0.2) is 0 Å². The zero-order valence-corrected chi connectivity index (χ0v) is 11.3. The monoisotopic (exact) mass is 236 g/mol. The van der Waals surface area contributed by atoms with Crippen LogP contribution in [-0.4, -0.2) is 23.9 Å². The van der Waals surface area contributed by atoms with E-state index in [2.05, 4.69) is 45.0 Å². The first-order valence-corrected chi connectivity index (χ1v) is 6.39.